The van der Waals surface area contributed by atoms with Crippen LogP contribution in [0.3, 0.4) is 0 Å². The van der Waals surface area contributed by atoms with Gasteiger partial charge in [0.2, 0.25) is 0 Å². The van der Waals surface area contributed by atoms with Gasteiger partial charge in [-0.25, -0.2) is 17.6 Å². The third kappa shape index (κ3) is 3.57. The second-order valence-electron chi connectivity index (χ2n) is 6.11. The van der Waals surface area contributed by atoms with E-state index in [0.29, 0.717) is 22.3 Å². The van der Waals surface area contributed by atoms with Gasteiger partial charge >= 0.3 is 0 Å². The molecule has 0 bridgehead atoms. The summed E-state index contributed by atoms with van der Waals surface area (Å²) in [5.74, 6) is -3.31. The van der Waals surface area contributed by atoms with Crippen LogP contribution in [0.1, 0.15) is 16.7 Å². The Kier molecular flexibility index (Phi) is 4.98. The van der Waals surface area contributed by atoms with Crippen LogP contribution in [-0.4, -0.2) is 5.11 Å². The van der Waals surface area contributed by atoms with Crippen molar-refractivity contribution in [2.75, 3.05) is 0 Å². The van der Waals surface area contributed by atoms with Crippen LogP contribution < -0.4 is 0 Å². The van der Waals surface area contributed by atoms with Gasteiger partial charge in [-0.1, -0.05) is 18.2 Å². The molecule has 134 valence electrons. The molecule has 3 aromatic rings. The van der Waals surface area contributed by atoms with E-state index in [-0.39, 0.29) is 18.4 Å². The average molecular weight is 360 g/mol. The van der Waals surface area contributed by atoms with Crippen LogP contribution in [0.4, 0.5) is 17.6 Å². The van der Waals surface area contributed by atoms with Gasteiger partial charge in [0.15, 0.2) is 11.6 Å². The van der Waals surface area contributed by atoms with E-state index >= 15 is 0 Å². The van der Waals surface area contributed by atoms with Crippen molar-refractivity contribution in [2.24, 2.45) is 0 Å². The monoisotopic (exact) mass is 360 g/mol. The number of hydrogen-bond acceptors (Lipinski definition) is 1. The minimum atomic E-state index is -1.01. The smallest absolute Gasteiger partial charge is 0.170 e. The van der Waals surface area contributed by atoms with Gasteiger partial charge in [-0.3, -0.25) is 0 Å². The van der Waals surface area contributed by atoms with Gasteiger partial charge in [-0.05, 0) is 72.4 Å². The van der Waals surface area contributed by atoms with E-state index in [9.17, 15) is 22.7 Å². The van der Waals surface area contributed by atoms with Crippen molar-refractivity contribution >= 4 is 0 Å². The second-order valence-corrected chi connectivity index (χ2v) is 6.11. The highest BCUT2D eigenvalue weighted by atomic mass is 19.1. The quantitative estimate of drug-likeness (QED) is 0.591. The highest BCUT2D eigenvalue weighted by Gasteiger charge is 2.15. The fourth-order valence-electron chi connectivity index (χ4n) is 2.90. The molecule has 0 aromatic heterocycles. The van der Waals surface area contributed by atoms with Gasteiger partial charge in [-0.15, -0.1) is 0 Å². The number of aryl methyl sites for hydroxylation is 1. The first-order chi connectivity index (χ1) is 12.4. The van der Waals surface area contributed by atoms with Crippen LogP contribution in [0.25, 0.3) is 11.1 Å². The van der Waals surface area contributed by atoms with Gasteiger partial charge in [0.05, 0.1) is 0 Å². The summed E-state index contributed by atoms with van der Waals surface area (Å²) in [7, 11) is 0. The Morgan fingerprint density at radius 2 is 1.58 bits per heavy atom. The van der Waals surface area contributed by atoms with Crippen LogP contribution in [0.15, 0.2) is 48.5 Å². The third-order valence-corrected chi connectivity index (χ3v) is 4.42. The summed E-state index contributed by atoms with van der Waals surface area (Å²) in [4.78, 5) is 0. The molecular weight excluding hydrogens is 344 g/mol. The lowest BCUT2D eigenvalue weighted by Crippen LogP contribution is -2.02. The number of phenolic OH excluding ortho intramolecular Hbond substituents is 1. The predicted octanol–water partition coefficient (Wildman–Crippen LogP) is 5.71. The van der Waals surface area contributed by atoms with Gasteiger partial charge in [0, 0.05) is 5.56 Å². The van der Waals surface area contributed by atoms with Gasteiger partial charge in [-0.2, -0.15) is 0 Å². The first-order valence-electron chi connectivity index (χ1n) is 8.07. The molecule has 0 heterocycles. The molecule has 0 atom stereocenters. The standard InChI is InChI=1S/C21H16F4O/c1-12-13(5-6-17-18(23)7-8-20(26)21(17)25)9-15(11-19(12)24)14-3-2-4-16(22)10-14/h2-4,7-11,26H,5-6H2,1H3. The summed E-state index contributed by atoms with van der Waals surface area (Å²) in [6.45, 7) is 1.58. The molecule has 0 unspecified atom stereocenters. The van der Waals surface area contributed by atoms with Crippen LogP contribution >= 0.6 is 0 Å². The average Bonchev–Trinajstić information content (AvgIpc) is 2.61. The van der Waals surface area contributed by atoms with Crippen LogP contribution in [0, 0.1) is 30.2 Å². The van der Waals surface area contributed by atoms with Crippen molar-refractivity contribution in [3.63, 3.8) is 0 Å². The summed E-state index contributed by atoms with van der Waals surface area (Å²) in [5.41, 5.74) is 1.68. The van der Waals surface area contributed by atoms with E-state index in [2.05, 4.69) is 0 Å². The zero-order valence-corrected chi connectivity index (χ0v) is 14.0. The lowest BCUT2D eigenvalue weighted by atomic mass is 9.95. The second kappa shape index (κ2) is 7.20. The van der Waals surface area contributed by atoms with E-state index in [1.165, 1.54) is 24.3 Å². The molecule has 0 saturated heterocycles. The highest BCUT2D eigenvalue weighted by Crippen LogP contribution is 2.28. The summed E-state index contributed by atoms with van der Waals surface area (Å²) < 4.78 is 55.5. The number of aromatic hydroxyl groups is 1. The summed E-state index contributed by atoms with van der Waals surface area (Å²) in [5, 5.41) is 9.40. The van der Waals surface area contributed by atoms with Crippen molar-refractivity contribution < 1.29 is 22.7 Å². The SMILES string of the molecule is Cc1c(F)cc(-c2cccc(F)c2)cc1CCc1c(F)ccc(O)c1F. The van der Waals surface area contributed by atoms with Gasteiger partial charge < -0.3 is 5.11 Å². The fourth-order valence-corrected chi connectivity index (χ4v) is 2.90. The largest absolute Gasteiger partial charge is 0.505 e. The first kappa shape index (κ1) is 18.0. The number of rotatable bonds is 4. The molecule has 3 rings (SSSR count). The lowest BCUT2D eigenvalue weighted by molar-refractivity contribution is 0.421. The lowest BCUT2D eigenvalue weighted by Gasteiger charge is -2.12. The van der Waals surface area contributed by atoms with Crippen molar-refractivity contribution in [3.8, 4) is 16.9 Å². The van der Waals surface area contributed by atoms with E-state index in [1.807, 2.05) is 0 Å². The Balaban J connectivity index is 1.95. The molecular formula is C21H16F4O. The van der Waals surface area contributed by atoms with E-state index in [1.54, 1.807) is 19.1 Å². The predicted molar refractivity (Wildman–Crippen MR) is 92.0 cm³/mol. The van der Waals surface area contributed by atoms with Crippen molar-refractivity contribution in [1.29, 1.82) is 0 Å². The molecule has 5 heteroatoms. The maximum absolute atomic E-state index is 14.3. The number of hydrogen-bond donors (Lipinski definition) is 1. The Bertz CT molecular complexity index is 966. The Morgan fingerprint density at radius 1 is 0.808 bits per heavy atom. The summed E-state index contributed by atoms with van der Waals surface area (Å²) in [6.07, 6.45) is 0.127. The van der Waals surface area contributed by atoms with Gasteiger partial charge in [0.25, 0.3) is 0 Å². The zero-order valence-electron chi connectivity index (χ0n) is 14.0. The Hall–Kier alpha value is -2.82. The minimum absolute atomic E-state index is 0.0427. The van der Waals surface area contributed by atoms with E-state index in [4.69, 9.17) is 0 Å². The van der Waals surface area contributed by atoms with E-state index < -0.39 is 29.0 Å². The van der Waals surface area contributed by atoms with Gasteiger partial charge in [0.1, 0.15) is 17.5 Å². The molecule has 0 radical (unpaired) electrons. The fraction of sp³-hybridized carbons (Fsp3) is 0.143. The molecule has 0 saturated carbocycles. The van der Waals surface area contributed by atoms with Crippen LogP contribution in [-0.2, 0) is 12.8 Å². The molecule has 1 nitrogen and oxygen atoms in total. The van der Waals surface area contributed by atoms with Crippen molar-refractivity contribution in [2.45, 2.75) is 19.8 Å². The normalized spacial score (nSPS) is 11.0. The summed E-state index contributed by atoms with van der Waals surface area (Å²) >= 11 is 0. The topological polar surface area (TPSA) is 20.2 Å². The minimum Gasteiger partial charge on any atom is -0.505 e. The zero-order chi connectivity index (χ0) is 18.8. The molecule has 0 amide bonds. The van der Waals surface area contributed by atoms with E-state index in [0.717, 1.165) is 12.1 Å². The molecule has 26 heavy (non-hydrogen) atoms. The molecule has 0 aliphatic heterocycles. The molecule has 0 fully saturated rings. The molecule has 0 spiro atoms. The van der Waals surface area contributed by atoms with Crippen molar-refractivity contribution in [1.82, 2.24) is 0 Å². The maximum atomic E-state index is 14.3. The van der Waals surface area contributed by atoms with Crippen molar-refractivity contribution in [3.05, 3.63) is 88.5 Å². The third-order valence-electron chi connectivity index (χ3n) is 4.42. The number of halogens is 4. The molecule has 0 aliphatic carbocycles. The molecule has 0 aliphatic rings. The molecule has 1 N–H and O–H groups in total. The molecule has 3 aromatic carbocycles. The Morgan fingerprint density at radius 3 is 2.31 bits per heavy atom. The van der Waals surface area contributed by atoms with Crippen LogP contribution in [0.2, 0.25) is 0 Å². The summed E-state index contributed by atoms with van der Waals surface area (Å²) in [6, 6.07) is 10.7. The number of benzene rings is 3. The number of phenols is 1. The Labute approximate surface area is 148 Å². The highest BCUT2D eigenvalue weighted by molar-refractivity contribution is 5.65. The maximum Gasteiger partial charge on any atom is 0.170 e. The first-order valence-corrected chi connectivity index (χ1v) is 8.07. The van der Waals surface area contributed by atoms with Crippen LogP contribution in [0.5, 0.6) is 5.75 Å².